The minimum absolute atomic E-state index is 0.359. The van der Waals surface area contributed by atoms with Gasteiger partial charge in [-0.3, -0.25) is 4.98 Å². The summed E-state index contributed by atoms with van der Waals surface area (Å²) in [5.41, 5.74) is 0.798. The zero-order chi connectivity index (χ0) is 12.3. The average Bonchev–Trinajstić information content (AvgIpc) is 2.75. The van der Waals surface area contributed by atoms with Gasteiger partial charge in [0, 0.05) is 24.1 Å². The van der Waals surface area contributed by atoms with Crippen LogP contribution in [0.2, 0.25) is 0 Å². The Bertz CT molecular complexity index is 540. The molecule has 1 aliphatic rings. The Balaban J connectivity index is 2.03. The highest BCUT2D eigenvalue weighted by Gasteiger charge is 2.15. The molecule has 0 unspecified atom stereocenters. The van der Waals surface area contributed by atoms with Gasteiger partial charge in [0.05, 0.1) is 11.9 Å². The second kappa shape index (κ2) is 4.50. The molecule has 8 heteroatoms. The van der Waals surface area contributed by atoms with E-state index < -0.39 is 9.84 Å². The zero-order valence-corrected chi connectivity index (χ0v) is 9.95. The molecule has 0 radical (unpaired) electrons. The molecular formula is C9H11N5O2S. The van der Waals surface area contributed by atoms with Crippen LogP contribution in [0.5, 0.6) is 0 Å². The quantitative estimate of drug-likeness (QED) is 0.801. The highest BCUT2D eigenvalue weighted by Crippen LogP contribution is 2.18. The minimum atomic E-state index is -3.15. The Kier molecular flexibility index (Phi) is 3.05. The smallest absolute Gasteiger partial charge is 0.170 e. The van der Waals surface area contributed by atoms with E-state index in [1.165, 1.54) is 11.2 Å². The molecule has 1 aromatic heterocycles. The Hall–Kier alpha value is -1.96. The molecular weight excluding hydrogens is 242 g/mol. The molecule has 0 aliphatic carbocycles. The van der Waals surface area contributed by atoms with Crippen molar-refractivity contribution in [1.29, 1.82) is 0 Å². The lowest BCUT2D eigenvalue weighted by atomic mass is 10.4. The fourth-order valence-corrected chi connectivity index (χ4v) is 1.55. The van der Waals surface area contributed by atoms with E-state index in [4.69, 9.17) is 0 Å². The van der Waals surface area contributed by atoms with E-state index in [0.29, 0.717) is 6.67 Å². The first-order valence-corrected chi connectivity index (χ1v) is 6.74. The van der Waals surface area contributed by atoms with Gasteiger partial charge in [-0.15, -0.1) is 0 Å². The van der Waals surface area contributed by atoms with Crippen molar-refractivity contribution in [2.24, 2.45) is 10.4 Å². The summed E-state index contributed by atoms with van der Waals surface area (Å²) in [7, 11) is -3.15. The van der Waals surface area contributed by atoms with Crippen LogP contribution in [0, 0.1) is 0 Å². The molecule has 0 fully saturated rings. The maximum absolute atomic E-state index is 10.9. The van der Waals surface area contributed by atoms with Crippen molar-refractivity contribution in [2.45, 2.75) is 0 Å². The summed E-state index contributed by atoms with van der Waals surface area (Å²) in [4.78, 5) is 3.96. The second-order valence-corrected chi connectivity index (χ2v) is 5.42. The highest BCUT2D eigenvalue weighted by atomic mass is 32.2. The summed E-state index contributed by atoms with van der Waals surface area (Å²) < 4.78 is 21.9. The van der Waals surface area contributed by atoms with Crippen LogP contribution in [0.4, 0.5) is 5.69 Å². The fraction of sp³-hybridized carbons (Fsp3) is 0.222. The summed E-state index contributed by atoms with van der Waals surface area (Å²) in [5.74, 6) is 0. The van der Waals surface area contributed by atoms with Crippen molar-refractivity contribution in [1.82, 2.24) is 9.99 Å². The first-order chi connectivity index (χ1) is 8.04. The highest BCUT2D eigenvalue weighted by molar-refractivity contribution is 7.93. The normalized spacial score (nSPS) is 16.1. The number of rotatable bonds is 3. The monoisotopic (exact) mass is 253 g/mol. The number of pyridine rings is 1. The van der Waals surface area contributed by atoms with Crippen molar-refractivity contribution >= 4 is 15.5 Å². The number of hydrogen-bond acceptors (Lipinski definition) is 7. The number of hydrogen-bond donors (Lipinski definition) is 0. The first kappa shape index (κ1) is 11.5. The Labute approximate surface area is 98.9 Å². The molecule has 1 aliphatic heterocycles. The summed E-state index contributed by atoms with van der Waals surface area (Å²) >= 11 is 0. The molecule has 0 aromatic carbocycles. The topological polar surface area (TPSA) is 78.2 Å². The summed E-state index contributed by atoms with van der Waals surface area (Å²) in [5, 5.41) is 11.8. The van der Waals surface area contributed by atoms with Crippen LogP contribution in [0.15, 0.2) is 46.6 Å². The van der Waals surface area contributed by atoms with Gasteiger partial charge in [-0.05, 0) is 22.6 Å². The van der Waals surface area contributed by atoms with E-state index in [9.17, 15) is 8.42 Å². The molecule has 0 spiro atoms. The molecule has 0 atom stereocenters. The van der Waals surface area contributed by atoms with E-state index in [1.807, 2.05) is 6.07 Å². The molecule has 2 heterocycles. The van der Waals surface area contributed by atoms with Gasteiger partial charge in [-0.1, -0.05) is 0 Å². The lowest BCUT2D eigenvalue weighted by Crippen LogP contribution is -2.21. The average molecular weight is 253 g/mol. The molecule has 7 nitrogen and oxygen atoms in total. The second-order valence-electron chi connectivity index (χ2n) is 3.49. The molecule has 0 saturated heterocycles. The molecule has 0 amide bonds. The predicted octanol–water partition coefficient (Wildman–Crippen LogP) is 0.959. The Morgan fingerprint density at radius 3 is 2.88 bits per heavy atom. The van der Waals surface area contributed by atoms with Crippen LogP contribution in [-0.2, 0) is 9.84 Å². The first-order valence-electron chi connectivity index (χ1n) is 4.79. The van der Waals surface area contributed by atoms with Crippen molar-refractivity contribution in [3.05, 3.63) is 36.1 Å². The van der Waals surface area contributed by atoms with Crippen LogP contribution in [0.25, 0.3) is 0 Å². The van der Waals surface area contributed by atoms with Crippen molar-refractivity contribution < 1.29 is 8.42 Å². The van der Waals surface area contributed by atoms with E-state index in [0.717, 1.165) is 17.4 Å². The van der Waals surface area contributed by atoms with Crippen molar-refractivity contribution in [3.8, 4) is 0 Å². The van der Waals surface area contributed by atoms with Gasteiger partial charge in [0.25, 0.3) is 0 Å². The van der Waals surface area contributed by atoms with Gasteiger partial charge in [-0.25, -0.2) is 18.4 Å². The van der Waals surface area contributed by atoms with Gasteiger partial charge >= 0.3 is 0 Å². The zero-order valence-electron chi connectivity index (χ0n) is 9.13. The number of sulfone groups is 1. The summed E-state index contributed by atoms with van der Waals surface area (Å²) in [6.07, 6.45) is 5.81. The molecule has 1 aromatic rings. The number of aromatic nitrogens is 1. The van der Waals surface area contributed by atoms with Crippen LogP contribution in [0.3, 0.4) is 0 Å². The van der Waals surface area contributed by atoms with E-state index in [2.05, 4.69) is 15.4 Å². The lowest BCUT2D eigenvalue weighted by molar-refractivity contribution is 0.438. The van der Waals surface area contributed by atoms with Gasteiger partial charge in [-0.2, -0.15) is 0 Å². The van der Waals surface area contributed by atoms with Crippen molar-refractivity contribution in [3.63, 3.8) is 0 Å². The minimum Gasteiger partial charge on any atom is -0.262 e. The molecule has 90 valence electrons. The SMILES string of the molecule is CS(=O)(=O)/C=C/N1CN(c2cccnc2)N=N1. The fourth-order valence-electron chi connectivity index (χ4n) is 1.19. The van der Waals surface area contributed by atoms with Crippen LogP contribution >= 0.6 is 0 Å². The Morgan fingerprint density at radius 1 is 1.41 bits per heavy atom. The summed E-state index contributed by atoms with van der Waals surface area (Å²) in [6.45, 7) is 0.359. The Morgan fingerprint density at radius 2 is 2.24 bits per heavy atom. The van der Waals surface area contributed by atoms with Gasteiger partial charge in [0.15, 0.2) is 9.84 Å². The number of anilines is 1. The third kappa shape index (κ3) is 3.25. The van der Waals surface area contributed by atoms with E-state index >= 15 is 0 Å². The van der Waals surface area contributed by atoms with E-state index in [-0.39, 0.29) is 0 Å². The summed E-state index contributed by atoms with van der Waals surface area (Å²) in [6, 6.07) is 3.63. The molecule has 2 rings (SSSR count). The van der Waals surface area contributed by atoms with Crippen LogP contribution in [-0.4, -0.2) is 31.3 Å². The number of nitrogens with zero attached hydrogens (tertiary/aromatic N) is 5. The molecule has 0 N–H and O–H groups in total. The standard InChI is InChI=1S/C9H11N5O2S/c1-17(15,16)6-5-13-8-14(12-11-13)9-3-2-4-10-7-9/h2-7H,8H2,1H3/b6-5+. The largest absolute Gasteiger partial charge is 0.262 e. The third-order valence-corrected chi connectivity index (χ3v) is 2.58. The van der Waals surface area contributed by atoms with Gasteiger partial charge < -0.3 is 0 Å². The van der Waals surface area contributed by atoms with Crippen LogP contribution < -0.4 is 5.01 Å². The van der Waals surface area contributed by atoms with Gasteiger partial charge in [0.2, 0.25) is 0 Å². The third-order valence-electron chi connectivity index (χ3n) is 1.97. The maximum atomic E-state index is 10.9. The molecule has 0 bridgehead atoms. The lowest BCUT2D eigenvalue weighted by Gasteiger charge is -2.12. The van der Waals surface area contributed by atoms with Crippen LogP contribution in [0.1, 0.15) is 0 Å². The molecule has 17 heavy (non-hydrogen) atoms. The predicted molar refractivity (Wildman–Crippen MR) is 62.3 cm³/mol. The van der Waals surface area contributed by atoms with E-state index in [1.54, 1.807) is 23.5 Å². The van der Waals surface area contributed by atoms with Gasteiger partial charge in [0.1, 0.15) is 6.67 Å². The molecule has 0 saturated carbocycles. The van der Waals surface area contributed by atoms with Crippen molar-refractivity contribution in [2.75, 3.05) is 17.9 Å². The maximum Gasteiger partial charge on any atom is 0.170 e.